The summed E-state index contributed by atoms with van der Waals surface area (Å²) >= 11 is 12.5. The highest BCUT2D eigenvalue weighted by Crippen LogP contribution is 2.44. The predicted molar refractivity (Wildman–Crippen MR) is 193 cm³/mol. The molecule has 276 valence electrons. The van der Waals surface area contributed by atoms with Crippen molar-refractivity contribution in [2.24, 2.45) is 0 Å². The van der Waals surface area contributed by atoms with E-state index in [9.17, 15) is 19.2 Å². The van der Waals surface area contributed by atoms with E-state index in [1.807, 2.05) is 0 Å². The molecule has 0 spiro atoms. The molecular weight excluding hydrogens is 715 g/mol. The minimum atomic E-state index is -0.737. The predicted octanol–water partition coefficient (Wildman–Crippen LogP) is 6.55. The molecule has 2 aromatic carbocycles. The molecule has 2 atom stereocenters. The van der Waals surface area contributed by atoms with Crippen LogP contribution in [0, 0.1) is 0 Å². The van der Waals surface area contributed by atoms with E-state index in [-0.39, 0.29) is 17.7 Å². The molecule has 3 heterocycles. The van der Waals surface area contributed by atoms with Gasteiger partial charge in [-0.3, -0.25) is 0 Å². The fraction of sp³-hybridized carbons (Fsp3) is 0.351. The second kappa shape index (κ2) is 16.9. The van der Waals surface area contributed by atoms with Crippen LogP contribution in [0.1, 0.15) is 71.4 Å². The molecule has 1 aromatic heterocycles. The maximum atomic E-state index is 12.9. The Morgan fingerprint density at radius 2 is 1.21 bits per heavy atom. The molecular formula is C37H40Cl2N4O9. The van der Waals surface area contributed by atoms with Gasteiger partial charge in [0.15, 0.2) is 0 Å². The smallest absolute Gasteiger partial charge is 0.337 e. The van der Waals surface area contributed by atoms with Crippen molar-refractivity contribution in [3.05, 3.63) is 103 Å². The number of halogens is 2. The van der Waals surface area contributed by atoms with Gasteiger partial charge in [-0.25, -0.2) is 23.8 Å². The summed E-state index contributed by atoms with van der Waals surface area (Å²) in [5, 5.41) is 14.6. The molecule has 0 saturated carbocycles. The monoisotopic (exact) mass is 754 g/mol. The Hall–Kier alpha value is -5.14. The standard InChI is InChI=1S/C19H21N3O5.C18H19Cl2NO4/c1-9(2)26-19(24)15-11(4)20-10(3)14(18(23)25-5)16(15)12-7-6-8-13-17(12)22-27-21-13;1-5-25-18(23)14-10(3)21-9(2)13(17(22)24-4)15(14)11-7-6-8-12(19)16(11)20/h6-9,16,20H,1-5H3;6-8,15,21H,5H2,1-4H3. The number of nitrogens with zero attached hydrogens (tertiary/aromatic N) is 2. The number of esters is 4. The van der Waals surface area contributed by atoms with Crippen LogP contribution in [-0.4, -0.2) is 61.1 Å². The third-order valence-corrected chi connectivity index (χ3v) is 9.14. The highest BCUT2D eigenvalue weighted by Gasteiger charge is 2.40. The Labute approximate surface area is 310 Å². The van der Waals surface area contributed by atoms with Crippen LogP contribution in [0.5, 0.6) is 0 Å². The van der Waals surface area contributed by atoms with E-state index in [0.29, 0.717) is 72.3 Å². The van der Waals surface area contributed by atoms with Crippen molar-refractivity contribution in [3.8, 4) is 0 Å². The Morgan fingerprint density at radius 1 is 0.731 bits per heavy atom. The first kappa shape index (κ1) is 39.6. The van der Waals surface area contributed by atoms with Gasteiger partial charge in [-0.2, -0.15) is 0 Å². The van der Waals surface area contributed by atoms with Gasteiger partial charge in [0, 0.05) is 22.8 Å². The zero-order valence-electron chi connectivity index (χ0n) is 30.2. The summed E-state index contributed by atoms with van der Waals surface area (Å²) in [5.41, 5.74) is 5.76. The number of hydrogen-bond donors (Lipinski definition) is 2. The number of hydrogen-bond acceptors (Lipinski definition) is 13. The Balaban J connectivity index is 0.000000234. The molecule has 2 aliphatic heterocycles. The number of fused-ring (bicyclic) bond motifs is 1. The van der Waals surface area contributed by atoms with E-state index in [1.54, 1.807) is 84.9 Å². The van der Waals surface area contributed by atoms with E-state index in [0.717, 1.165) is 0 Å². The number of carbonyl (C=O) groups is 4. The SMILES string of the molecule is CCOC(=O)C1=C(C)NC(C)=C(C(=O)OC)C1c1cccc(Cl)c1Cl.COC(=O)C1=C(C)NC(C)=C(C(=O)OC(C)C)C1c1cccc2nonc12. The Bertz CT molecular complexity index is 2040. The van der Waals surface area contributed by atoms with Crippen LogP contribution >= 0.6 is 23.2 Å². The van der Waals surface area contributed by atoms with Crippen LogP contribution in [0.15, 0.2) is 86.1 Å². The van der Waals surface area contributed by atoms with E-state index in [1.165, 1.54) is 14.2 Å². The van der Waals surface area contributed by atoms with Gasteiger partial charge in [0.1, 0.15) is 11.0 Å². The third-order valence-electron chi connectivity index (χ3n) is 8.31. The number of aromatic nitrogens is 2. The third kappa shape index (κ3) is 8.00. The van der Waals surface area contributed by atoms with E-state index < -0.39 is 35.7 Å². The second-order valence-corrected chi connectivity index (χ2v) is 12.8. The van der Waals surface area contributed by atoms with Crippen LogP contribution in [0.25, 0.3) is 11.0 Å². The molecule has 52 heavy (non-hydrogen) atoms. The second-order valence-electron chi connectivity index (χ2n) is 12.1. The normalized spacial score (nSPS) is 17.3. The summed E-state index contributed by atoms with van der Waals surface area (Å²) < 4.78 is 25.4. The average molecular weight is 756 g/mol. The minimum Gasteiger partial charge on any atom is -0.466 e. The van der Waals surface area contributed by atoms with Gasteiger partial charge in [0.25, 0.3) is 0 Å². The van der Waals surface area contributed by atoms with Gasteiger partial charge in [-0.15, -0.1) is 0 Å². The van der Waals surface area contributed by atoms with Gasteiger partial charge in [-0.05, 0) is 82.0 Å². The summed E-state index contributed by atoms with van der Waals surface area (Å²) in [4.78, 5) is 50.5. The van der Waals surface area contributed by atoms with E-state index in [2.05, 4.69) is 20.9 Å². The van der Waals surface area contributed by atoms with Gasteiger partial charge < -0.3 is 29.6 Å². The summed E-state index contributed by atoms with van der Waals surface area (Å²) in [6, 6.07) is 10.4. The fourth-order valence-electron chi connectivity index (χ4n) is 6.20. The molecule has 0 fully saturated rings. The van der Waals surface area contributed by atoms with Crippen molar-refractivity contribution in [1.29, 1.82) is 0 Å². The molecule has 13 nitrogen and oxygen atoms in total. The molecule has 15 heteroatoms. The first-order valence-electron chi connectivity index (χ1n) is 16.2. The van der Waals surface area contributed by atoms with Crippen molar-refractivity contribution in [2.45, 2.75) is 66.4 Å². The maximum Gasteiger partial charge on any atom is 0.337 e. The van der Waals surface area contributed by atoms with E-state index >= 15 is 0 Å². The summed E-state index contributed by atoms with van der Waals surface area (Å²) in [5.74, 6) is -3.59. The molecule has 2 N–H and O–H groups in total. The summed E-state index contributed by atoms with van der Waals surface area (Å²) in [6.45, 7) is 12.5. The van der Waals surface area contributed by atoms with Crippen LogP contribution in [-0.2, 0) is 38.1 Å². The molecule has 0 amide bonds. The average Bonchev–Trinajstić information content (AvgIpc) is 3.58. The topological polar surface area (TPSA) is 168 Å². The van der Waals surface area contributed by atoms with Gasteiger partial charge in [0.05, 0.1) is 71.1 Å². The van der Waals surface area contributed by atoms with Crippen molar-refractivity contribution in [3.63, 3.8) is 0 Å². The van der Waals surface area contributed by atoms with Crippen LogP contribution in [0.4, 0.5) is 0 Å². The number of methoxy groups -OCH3 is 2. The van der Waals surface area contributed by atoms with E-state index in [4.69, 9.17) is 46.8 Å². The number of carbonyl (C=O) groups excluding carboxylic acids is 4. The lowest BCUT2D eigenvalue weighted by atomic mass is 9.80. The molecule has 2 aliphatic rings. The maximum absolute atomic E-state index is 12.9. The Kier molecular flexibility index (Phi) is 12.9. The highest BCUT2D eigenvalue weighted by molar-refractivity contribution is 6.42. The van der Waals surface area contributed by atoms with Crippen LogP contribution < -0.4 is 10.6 Å². The quantitative estimate of drug-likeness (QED) is 0.188. The first-order chi connectivity index (χ1) is 24.7. The minimum absolute atomic E-state index is 0.210. The number of dihydropyridines is 2. The summed E-state index contributed by atoms with van der Waals surface area (Å²) in [7, 11) is 2.59. The van der Waals surface area contributed by atoms with Crippen molar-refractivity contribution in [1.82, 2.24) is 20.9 Å². The molecule has 2 unspecified atom stereocenters. The van der Waals surface area contributed by atoms with Crippen molar-refractivity contribution in [2.75, 3.05) is 20.8 Å². The van der Waals surface area contributed by atoms with Crippen molar-refractivity contribution >= 4 is 58.1 Å². The van der Waals surface area contributed by atoms with Gasteiger partial charge in [0.2, 0.25) is 0 Å². The zero-order chi connectivity index (χ0) is 38.4. The Morgan fingerprint density at radius 3 is 1.73 bits per heavy atom. The molecule has 0 radical (unpaired) electrons. The van der Waals surface area contributed by atoms with Crippen LogP contribution in [0.2, 0.25) is 10.0 Å². The van der Waals surface area contributed by atoms with Crippen LogP contribution in [0.3, 0.4) is 0 Å². The summed E-state index contributed by atoms with van der Waals surface area (Å²) in [6.07, 6.45) is -0.309. The lowest BCUT2D eigenvalue weighted by molar-refractivity contribution is -0.143. The molecule has 3 aromatic rings. The lowest BCUT2D eigenvalue weighted by Gasteiger charge is -2.30. The fourth-order valence-corrected chi connectivity index (χ4v) is 6.62. The largest absolute Gasteiger partial charge is 0.466 e. The van der Waals surface area contributed by atoms with Gasteiger partial charge in [-0.1, -0.05) is 47.5 Å². The number of nitrogens with one attached hydrogen (secondary N) is 2. The molecule has 0 saturated heterocycles. The number of rotatable bonds is 8. The number of allylic oxidation sites excluding steroid dienone is 4. The first-order valence-corrected chi connectivity index (χ1v) is 17.0. The number of ether oxygens (including phenoxy) is 4. The van der Waals surface area contributed by atoms with Crippen molar-refractivity contribution < 1.29 is 42.8 Å². The molecule has 0 aliphatic carbocycles. The lowest BCUT2D eigenvalue weighted by Crippen LogP contribution is -2.33. The zero-order valence-corrected chi connectivity index (χ0v) is 31.7. The highest BCUT2D eigenvalue weighted by atomic mass is 35.5. The molecule has 0 bridgehead atoms. The van der Waals surface area contributed by atoms with Gasteiger partial charge >= 0.3 is 23.9 Å². The molecule has 5 rings (SSSR count). The number of benzene rings is 2.